The third kappa shape index (κ3) is 26.0. The van der Waals surface area contributed by atoms with Crippen LogP contribution in [0.1, 0.15) is 134 Å². The van der Waals surface area contributed by atoms with Gasteiger partial charge < -0.3 is 114 Å². The molecule has 18 N–H and O–H groups in total. The van der Waals surface area contributed by atoms with Gasteiger partial charge in [0.25, 0.3) is 0 Å². The lowest BCUT2D eigenvalue weighted by atomic mass is 9.90. The number of H-pyrrole nitrogens is 3. The summed E-state index contributed by atoms with van der Waals surface area (Å²) in [7, 11) is 3.97. The number of nitrogens with zero attached hydrogens (tertiary/aromatic N) is 6. The molecule has 4 fully saturated rings. The predicted molar refractivity (Wildman–Crippen MR) is 471 cm³/mol. The molecule has 6 aromatic rings. The van der Waals surface area contributed by atoms with Gasteiger partial charge in [0, 0.05) is 131 Å². The Morgan fingerprint density at radius 1 is 0.566 bits per heavy atom. The molecule has 2 bridgehead atoms. The Kier molecular flexibility index (Phi) is 35.3. The van der Waals surface area contributed by atoms with Crippen molar-refractivity contribution >= 4 is 134 Å². The molecule has 16 amide bonds. The minimum Gasteiger partial charge on any atom is -0.508 e. The van der Waals surface area contributed by atoms with Gasteiger partial charge in [0.05, 0.1) is 43.8 Å². The number of amides is 16. The number of Topliss-reactive ketones (excluding diaryl/α,β-unsaturated/α-hetero) is 1. The number of aromatic amines is 3. The van der Waals surface area contributed by atoms with Crippen LogP contribution in [0.4, 0.5) is 0 Å². The number of hydrogen-bond donors (Lipinski definition) is 17. The van der Waals surface area contributed by atoms with Crippen molar-refractivity contribution in [3.05, 3.63) is 120 Å². The molecule has 0 saturated carbocycles. The first-order valence-corrected chi connectivity index (χ1v) is 44.7. The number of phenols is 1. The van der Waals surface area contributed by atoms with E-state index in [0.29, 0.717) is 76.3 Å². The first kappa shape index (κ1) is 98.4. The number of benzene rings is 3. The maximum Gasteiger partial charge on any atom is 0.246 e. The van der Waals surface area contributed by atoms with Gasteiger partial charge >= 0.3 is 0 Å². The molecule has 15 atom stereocenters. The molecule has 0 unspecified atom stereocenters. The lowest BCUT2D eigenvalue weighted by Crippen LogP contribution is -2.60. The quantitative estimate of drug-likeness (QED) is 0.0402. The van der Waals surface area contributed by atoms with Gasteiger partial charge in [0.1, 0.15) is 78.3 Å². The van der Waals surface area contributed by atoms with Crippen molar-refractivity contribution in [3.8, 4) is 5.75 Å². The molecule has 0 spiro atoms. The fraction of sp³-hybridized carbons (Fsp3) is 0.523. The molecule has 129 heavy (non-hydrogen) atoms. The van der Waals surface area contributed by atoms with Crippen LogP contribution in [0.25, 0.3) is 21.8 Å². The van der Waals surface area contributed by atoms with Crippen LogP contribution < -0.4 is 58.9 Å². The summed E-state index contributed by atoms with van der Waals surface area (Å²) in [5.74, 6) is -17.8. The van der Waals surface area contributed by atoms with Crippen LogP contribution in [0, 0.1) is 5.92 Å². The molecule has 7 heterocycles. The summed E-state index contributed by atoms with van der Waals surface area (Å²) in [5, 5.41) is 60.7. The average Bonchev–Trinajstić information content (AvgIpc) is 1.71. The summed E-state index contributed by atoms with van der Waals surface area (Å²) in [6.07, 6.45) is 4.13. The Bertz CT molecular complexity index is 5050. The zero-order valence-corrected chi connectivity index (χ0v) is 74.1. The molecule has 696 valence electrons. The number of para-hydroxylation sites is 2. The number of primary amides is 1. The van der Waals surface area contributed by atoms with Gasteiger partial charge in [-0.1, -0.05) is 94.5 Å². The number of aliphatic hydroxyl groups is 2. The molecule has 3 aromatic carbocycles. The summed E-state index contributed by atoms with van der Waals surface area (Å²) >= 11 is 0.790. The van der Waals surface area contributed by atoms with Crippen molar-refractivity contribution in [2.24, 2.45) is 11.7 Å². The highest BCUT2D eigenvalue weighted by Crippen LogP contribution is 2.30. The van der Waals surface area contributed by atoms with Crippen LogP contribution in [0.5, 0.6) is 5.75 Å². The number of unbranched alkanes of at least 4 members (excludes halogenated alkanes) is 3. The molecule has 0 aliphatic carbocycles. The summed E-state index contributed by atoms with van der Waals surface area (Å²) in [5.41, 5.74) is 8.50. The molecule has 10 rings (SSSR count). The largest absolute Gasteiger partial charge is 0.508 e. The number of carbonyl (C=O) groups is 17. The van der Waals surface area contributed by atoms with Gasteiger partial charge in [0.2, 0.25) is 94.5 Å². The number of fused-ring (bicyclic) bond motifs is 10. The van der Waals surface area contributed by atoms with E-state index >= 15 is 38.4 Å². The van der Waals surface area contributed by atoms with Crippen molar-refractivity contribution in [2.45, 2.75) is 221 Å². The zero-order valence-electron chi connectivity index (χ0n) is 73.3. The Hall–Kier alpha value is -12.8. The summed E-state index contributed by atoms with van der Waals surface area (Å²) in [6.45, 7) is 3.59. The molecule has 4 aliphatic heterocycles. The Balaban J connectivity index is 1.03. The zero-order chi connectivity index (χ0) is 93.4. The Labute approximate surface area is 749 Å². The summed E-state index contributed by atoms with van der Waals surface area (Å²) < 4.78 is 0. The number of aromatic nitrogens is 4. The first-order valence-electron chi connectivity index (χ1n) is 43.6. The number of imidazole rings is 1. The van der Waals surface area contributed by atoms with Crippen molar-refractivity contribution in [3.63, 3.8) is 0 Å². The van der Waals surface area contributed by atoms with Gasteiger partial charge in [0.15, 0.2) is 5.78 Å². The van der Waals surface area contributed by atoms with E-state index in [4.69, 9.17) is 5.73 Å². The smallest absolute Gasteiger partial charge is 0.246 e. The molecule has 3 aromatic heterocycles. The highest BCUT2D eigenvalue weighted by molar-refractivity contribution is 8.00. The molecule has 41 heteroatoms. The number of nitrogens with two attached hydrogens (primary N) is 1. The van der Waals surface area contributed by atoms with Crippen molar-refractivity contribution in [2.75, 3.05) is 65.4 Å². The number of aromatic hydroxyl groups is 1. The van der Waals surface area contributed by atoms with Crippen LogP contribution in [0.15, 0.2) is 97.7 Å². The van der Waals surface area contributed by atoms with E-state index in [9.17, 15) is 58.5 Å². The minimum absolute atomic E-state index is 0.0261. The monoisotopic (exact) mass is 1810 g/mol. The Morgan fingerprint density at radius 2 is 1.18 bits per heavy atom. The van der Waals surface area contributed by atoms with E-state index in [1.54, 1.807) is 60.9 Å². The van der Waals surface area contributed by atoms with Gasteiger partial charge in [-0.05, 0) is 93.3 Å². The van der Waals surface area contributed by atoms with Crippen LogP contribution in [-0.2, 0) is 107 Å². The number of thioether (sulfide) groups is 1. The number of carbonyl (C=O) groups excluding carboxylic acids is 17. The average molecular weight is 1810 g/mol. The highest BCUT2D eigenvalue weighted by atomic mass is 32.2. The third-order valence-electron chi connectivity index (χ3n) is 24.0. The van der Waals surface area contributed by atoms with E-state index in [0.717, 1.165) is 26.5 Å². The maximum absolute atomic E-state index is 15.7. The van der Waals surface area contributed by atoms with Crippen molar-refractivity contribution in [1.82, 2.24) is 97.6 Å². The van der Waals surface area contributed by atoms with Crippen LogP contribution >= 0.6 is 11.8 Å². The van der Waals surface area contributed by atoms with Gasteiger partial charge in [-0.15, -0.1) is 11.8 Å². The lowest BCUT2D eigenvalue weighted by Gasteiger charge is -2.36. The van der Waals surface area contributed by atoms with Crippen molar-refractivity contribution in [1.29, 1.82) is 0 Å². The van der Waals surface area contributed by atoms with E-state index < -0.39 is 248 Å². The van der Waals surface area contributed by atoms with Gasteiger partial charge in [-0.2, -0.15) is 0 Å². The van der Waals surface area contributed by atoms with Crippen LogP contribution in [-0.4, -0.2) is 310 Å². The third-order valence-corrected chi connectivity index (χ3v) is 25.1. The second-order valence-corrected chi connectivity index (χ2v) is 34.4. The highest BCUT2D eigenvalue weighted by Gasteiger charge is 2.47. The molecule has 4 saturated heterocycles. The number of nitrogens with one attached hydrogen (secondary N) is 13. The second-order valence-electron chi connectivity index (χ2n) is 33.4. The van der Waals surface area contributed by atoms with Crippen LogP contribution in [0.2, 0.25) is 0 Å². The number of aliphatic hydroxyl groups excluding tert-OH is 2. The number of ketones is 1. The molecular weight excluding hydrogens is 1690 g/mol. The molecule has 4 aliphatic rings. The topological polar surface area (TPSA) is 574 Å². The fourth-order valence-corrected chi connectivity index (χ4v) is 17.4. The van der Waals surface area contributed by atoms with E-state index in [1.807, 2.05) is 13.8 Å². The van der Waals surface area contributed by atoms with Gasteiger partial charge in [-0.25, -0.2) is 4.98 Å². The fourth-order valence-electron chi connectivity index (χ4n) is 16.6. The van der Waals surface area contributed by atoms with Crippen LogP contribution in [0.3, 0.4) is 0 Å². The second kappa shape index (κ2) is 46.3. The lowest BCUT2D eigenvalue weighted by molar-refractivity contribution is -0.149. The van der Waals surface area contributed by atoms with E-state index in [-0.39, 0.29) is 70.1 Å². The Morgan fingerprint density at radius 3 is 1.84 bits per heavy atom. The molecular formula is C88H118N20O20S. The maximum atomic E-state index is 15.7. The predicted octanol–water partition coefficient (Wildman–Crippen LogP) is -1.70. The van der Waals surface area contributed by atoms with E-state index in [1.165, 1.54) is 81.6 Å². The van der Waals surface area contributed by atoms with Crippen molar-refractivity contribution < 1.29 is 96.8 Å². The summed E-state index contributed by atoms with van der Waals surface area (Å²) in [4.78, 5) is 270. The van der Waals surface area contributed by atoms with E-state index in [2.05, 4.69) is 73.1 Å². The number of likely N-dealkylation sites (N-methyl/N-ethyl adjacent to an activating group) is 3. The standard InChI is InChI=1S/C88H118N20O20S/c1-8-10-12-23-70-88(128)105(6)68(22-11-9-2)82(122)96-48(3)76(116)103-67(79(119)94-42-73(89)113)45-129-46-75(115)97-63(32-50-25-27-55(110)28-26-50)84(124)104(5)49(4)77(117)100-65-38-74(114)91-30-29-61(98-80(120)62(36-54-41-90-47-95-54)99-83(123)69-24-17-31-107(69)87(65)127)86(126)108-43-56(111)37-71(108)72(112)35-51(33-52-39-92-59-20-15-13-18-57(52)59)78(118)102-66(44-109)81(121)101-64(85(125)106(70)7)34-53-40-93-60-21-16-14-19-58(53)60/h13-16,18-21,25-28,39-41,47-49,51,56,61-71,92-93,109-111H,8-12,17,22-24,29-38,42-46H2,1-7H3,(H2,89,113)(H,90,95)(H,91,114)(H,94,119)(H,96,122)(H,97,115)(H,98,120)(H,99,123)(H,100,117)(H,101,121)(H,102,118)(H,103,116)/t48-,49-,51+,56+,61-,62-,63-,64-,65-,66-,67-,68-,69-,70-,71-/m0/s1. The minimum atomic E-state index is -1.85. The normalized spacial score (nSPS) is 26.0. The number of rotatable bonds is 19. The summed E-state index contributed by atoms with van der Waals surface area (Å²) in [6, 6.07) is -0.0933. The number of phenolic OH excluding ortho intramolecular Hbond substituents is 1. The SMILES string of the molecule is CCCCC[C@H]1C(=O)N(C)[C@@H](CCCC)C(=O)N[C@@H](C)C(=O)N[C@H](C(=O)NCC(N)=O)CSCC(=O)N[C@@H](Cc2ccc(O)cc2)C(=O)N(C)[C@@H](C)C(=O)N[C@H]2CC(=O)NCC[C@H](NC(=O)[C@H](Cc3cnc[nH]3)NC(=O)[C@@H]3CCCN3C2=O)C(=O)N2C[C@H](O)C[C@H]2C(=O)C[C@@H](Cc2c[nH]c3ccccc23)C(=O)N[C@@H](CO)C(=O)N[C@@H](Cc2c[nH]c3ccccc23)C(=O)N1C. The number of hydrogen-bond acceptors (Lipinski definition) is 22. The molecule has 0 radical (unpaired) electrons. The van der Waals surface area contributed by atoms with Gasteiger partial charge in [-0.3, -0.25) is 81.5 Å². The first-order chi connectivity index (χ1) is 61.7. The molecule has 40 nitrogen and oxygen atoms in total.